The summed E-state index contributed by atoms with van der Waals surface area (Å²) in [7, 11) is -1.83. The van der Waals surface area contributed by atoms with Gasteiger partial charge in [-0.15, -0.1) is 9.05 Å². The van der Waals surface area contributed by atoms with Crippen molar-refractivity contribution in [3.63, 3.8) is 0 Å². The van der Waals surface area contributed by atoms with Crippen LogP contribution in [0, 0.1) is 11.8 Å². The molecule has 0 heterocycles. The molecule has 0 unspecified atom stereocenters. The van der Waals surface area contributed by atoms with Crippen molar-refractivity contribution < 1.29 is 13.6 Å². The van der Waals surface area contributed by atoms with Gasteiger partial charge in [0.2, 0.25) is 0 Å². The highest BCUT2D eigenvalue weighted by Gasteiger charge is 2.15. The molecule has 0 radical (unpaired) electrons. The van der Waals surface area contributed by atoms with Gasteiger partial charge >= 0.3 is 8.25 Å². The molecule has 10 heavy (non-hydrogen) atoms. The molecule has 0 aliphatic heterocycles. The van der Waals surface area contributed by atoms with E-state index in [1.165, 1.54) is 0 Å². The lowest BCUT2D eigenvalue weighted by Gasteiger charge is -1.78. The lowest BCUT2D eigenvalue weighted by Crippen LogP contribution is -1.81. The Bertz CT molecular complexity index is 96.3. The molecule has 0 rings (SSSR count). The van der Waals surface area contributed by atoms with Gasteiger partial charge in [0, 0.05) is 11.1 Å². The molecule has 0 amide bonds. The standard InChI is InChI=1S/C4H10O3P.CHN/c1-3-6-8(5)7-4-2;1-2/h3-4H2,1-2H3;1H/q+1;. The third kappa shape index (κ3) is 10.5. The summed E-state index contributed by atoms with van der Waals surface area (Å²) in [6.45, 7) is 7.92. The van der Waals surface area contributed by atoms with Crippen LogP contribution in [0.15, 0.2) is 0 Å². The summed E-state index contributed by atoms with van der Waals surface area (Å²) < 4.78 is 19.5. The van der Waals surface area contributed by atoms with Crippen molar-refractivity contribution in [3.8, 4) is 6.57 Å². The Labute approximate surface area is 61.7 Å². The first-order chi connectivity index (χ1) is 4.81. The molecule has 0 saturated heterocycles. The Hall–Kier alpha value is -0.490. The summed E-state index contributed by atoms with van der Waals surface area (Å²) in [6, 6.07) is 0. The number of hydrogen-bond donors (Lipinski definition) is 0. The zero-order chi connectivity index (χ0) is 8.41. The van der Waals surface area contributed by atoms with Crippen molar-refractivity contribution in [3.05, 3.63) is 0 Å². The second-order valence-corrected chi connectivity index (χ2v) is 2.02. The molecule has 0 aliphatic carbocycles. The molecular weight excluding hydrogens is 153 g/mol. The van der Waals surface area contributed by atoms with Crippen LogP contribution in [0.2, 0.25) is 0 Å². The fourth-order valence-corrected chi connectivity index (χ4v) is 0.744. The summed E-state index contributed by atoms with van der Waals surface area (Å²) in [4.78, 5) is 0. The maximum atomic E-state index is 10.3. The molecule has 0 aromatic heterocycles. The average molecular weight is 164 g/mol. The van der Waals surface area contributed by atoms with Gasteiger partial charge in [-0.2, -0.15) is 0 Å². The van der Waals surface area contributed by atoms with E-state index in [-0.39, 0.29) is 0 Å². The van der Waals surface area contributed by atoms with Crippen LogP contribution in [0.3, 0.4) is 0 Å². The van der Waals surface area contributed by atoms with E-state index in [4.69, 9.17) is 5.26 Å². The average Bonchev–Trinajstić information content (AvgIpc) is 1.93. The van der Waals surface area contributed by atoms with Gasteiger partial charge < -0.3 is 0 Å². The summed E-state index contributed by atoms with van der Waals surface area (Å²) >= 11 is 0. The maximum Gasteiger partial charge on any atom is 0.697 e. The minimum atomic E-state index is -1.83. The van der Waals surface area contributed by atoms with Crippen molar-refractivity contribution in [2.75, 3.05) is 13.2 Å². The minimum absolute atomic E-state index is 0.440. The van der Waals surface area contributed by atoms with Gasteiger partial charge in [0.15, 0.2) is 0 Å². The number of rotatable bonds is 4. The van der Waals surface area contributed by atoms with E-state index >= 15 is 0 Å². The lowest BCUT2D eigenvalue weighted by molar-refractivity contribution is 0.243. The van der Waals surface area contributed by atoms with Gasteiger partial charge in [-0.3, -0.25) is 0 Å². The Balaban J connectivity index is 0. The van der Waals surface area contributed by atoms with E-state index in [0.29, 0.717) is 13.2 Å². The first-order valence-corrected chi connectivity index (χ1v) is 3.89. The van der Waals surface area contributed by atoms with Crippen LogP contribution in [0.5, 0.6) is 0 Å². The van der Waals surface area contributed by atoms with E-state index in [1.807, 2.05) is 0 Å². The Kier molecular flexibility index (Phi) is 13.8. The van der Waals surface area contributed by atoms with E-state index in [9.17, 15) is 4.57 Å². The van der Waals surface area contributed by atoms with E-state index in [1.54, 1.807) is 13.8 Å². The largest absolute Gasteiger partial charge is 0.697 e. The van der Waals surface area contributed by atoms with Gasteiger partial charge in [0.05, 0.1) is 0 Å². The monoisotopic (exact) mass is 164 g/mol. The third-order valence-corrected chi connectivity index (χ3v) is 1.41. The van der Waals surface area contributed by atoms with Crippen molar-refractivity contribution in [1.82, 2.24) is 0 Å². The van der Waals surface area contributed by atoms with Crippen LogP contribution < -0.4 is 0 Å². The van der Waals surface area contributed by atoms with Crippen molar-refractivity contribution in [1.29, 1.82) is 5.26 Å². The minimum Gasteiger partial charge on any atom is -0.202 e. The molecule has 0 saturated carbocycles. The first-order valence-electron chi connectivity index (χ1n) is 2.80. The van der Waals surface area contributed by atoms with Crippen LogP contribution in [-0.4, -0.2) is 13.2 Å². The van der Waals surface area contributed by atoms with Crippen LogP contribution >= 0.6 is 8.25 Å². The van der Waals surface area contributed by atoms with E-state index in [0.717, 1.165) is 0 Å². The maximum absolute atomic E-state index is 10.3. The molecule has 0 N–H and O–H groups in total. The highest BCUT2D eigenvalue weighted by molar-refractivity contribution is 7.33. The summed E-state index contributed by atoms with van der Waals surface area (Å²) in [5.74, 6) is 0. The van der Waals surface area contributed by atoms with Gasteiger partial charge in [-0.05, 0) is 13.8 Å². The van der Waals surface area contributed by atoms with E-state index in [2.05, 4.69) is 15.6 Å². The number of hydrogen-bond acceptors (Lipinski definition) is 4. The van der Waals surface area contributed by atoms with Crippen molar-refractivity contribution >= 4 is 8.25 Å². The lowest BCUT2D eigenvalue weighted by atomic mass is 10.9. The SMILES string of the molecule is C#N.CCO[P+](=O)OCC. The predicted octanol–water partition coefficient (Wildman–Crippen LogP) is 1.86. The summed E-state index contributed by atoms with van der Waals surface area (Å²) in [5, 5.41) is 6.50. The molecule has 0 bridgehead atoms. The predicted molar refractivity (Wildman–Crippen MR) is 37.5 cm³/mol. The summed E-state index contributed by atoms with van der Waals surface area (Å²) in [5.41, 5.74) is 0. The van der Waals surface area contributed by atoms with Gasteiger partial charge in [-0.25, -0.2) is 5.26 Å². The molecule has 5 heteroatoms. The molecule has 58 valence electrons. The van der Waals surface area contributed by atoms with Crippen LogP contribution in [-0.2, 0) is 13.6 Å². The highest BCUT2D eigenvalue weighted by Crippen LogP contribution is 2.21. The quantitative estimate of drug-likeness (QED) is 0.595. The van der Waals surface area contributed by atoms with Crippen LogP contribution in [0.25, 0.3) is 0 Å². The summed E-state index contributed by atoms with van der Waals surface area (Å²) in [6.07, 6.45) is 0. The van der Waals surface area contributed by atoms with Gasteiger partial charge in [-0.1, -0.05) is 0 Å². The first kappa shape index (κ1) is 12.2. The Morgan fingerprint density at radius 3 is 1.80 bits per heavy atom. The van der Waals surface area contributed by atoms with Crippen LogP contribution in [0.1, 0.15) is 13.8 Å². The Morgan fingerprint density at radius 2 is 1.60 bits per heavy atom. The topological polar surface area (TPSA) is 59.3 Å². The number of nitrogens with zero attached hydrogens (tertiary/aromatic N) is 1. The molecule has 0 aromatic carbocycles. The number of nitriles is 1. The third-order valence-electron chi connectivity index (χ3n) is 0.469. The molecule has 0 aliphatic rings. The smallest absolute Gasteiger partial charge is 0.202 e. The van der Waals surface area contributed by atoms with Gasteiger partial charge in [0.1, 0.15) is 13.2 Å². The second-order valence-electron chi connectivity index (χ2n) is 1.06. The van der Waals surface area contributed by atoms with E-state index < -0.39 is 8.25 Å². The zero-order valence-electron chi connectivity index (χ0n) is 6.11. The molecule has 0 aromatic rings. The normalized spacial score (nSPS) is 7.60. The molecular formula is C5H11NO3P+. The second kappa shape index (κ2) is 11.3. The van der Waals surface area contributed by atoms with Gasteiger partial charge in [0.25, 0.3) is 0 Å². The molecule has 0 fully saturated rings. The molecule has 0 spiro atoms. The fourth-order valence-electron chi connectivity index (χ4n) is 0.248. The van der Waals surface area contributed by atoms with Crippen molar-refractivity contribution in [2.24, 2.45) is 0 Å². The van der Waals surface area contributed by atoms with Crippen LogP contribution in [0.4, 0.5) is 0 Å². The zero-order valence-corrected chi connectivity index (χ0v) is 7.01. The highest BCUT2D eigenvalue weighted by atomic mass is 31.1. The Morgan fingerprint density at radius 1 is 1.30 bits per heavy atom. The van der Waals surface area contributed by atoms with Crippen molar-refractivity contribution in [2.45, 2.75) is 13.8 Å². The molecule has 4 nitrogen and oxygen atoms in total. The molecule has 0 atom stereocenters. The fraction of sp³-hybridized carbons (Fsp3) is 0.800.